The fourth-order valence-electron chi connectivity index (χ4n) is 3.35. The van der Waals surface area contributed by atoms with Crippen LogP contribution in [0, 0.1) is 0 Å². The fraction of sp³-hybridized carbons (Fsp3) is 0.286. The van der Waals surface area contributed by atoms with Crippen LogP contribution in [0.4, 0.5) is 0 Å². The van der Waals surface area contributed by atoms with Gasteiger partial charge in [-0.3, -0.25) is 0 Å². The van der Waals surface area contributed by atoms with E-state index >= 15 is 0 Å². The summed E-state index contributed by atoms with van der Waals surface area (Å²) in [5.74, 6) is 0.724. The van der Waals surface area contributed by atoms with Gasteiger partial charge in [-0.15, -0.1) is 0 Å². The van der Waals surface area contributed by atoms with E-state index in [1.165, 1.54) is 5.39 Å². The third-order valence-electron chi connectivity index (χ3n) is 4.47. The quantitative estimate of drug-likeness (QED) is 0.706. The van der Waals surface area contributed by atoms with Crippen LogP contribution in [-0.4, -0.2) is 29.7 Å². The lowest BCUT2D eigenvalue weighted by Crippen LogP contribution is -2.17. The van der Waals surface area contributed by atoms with E-state index in [1.54, 1.807) is 7.11 Å². The summed E-state index contributed by atoms with van der Waals surface area (Å²) in [6.07, 6.45) is 2.06. The molecule has 4 heteroatoms. The number of hydrogen-bond donors (Lipinski definition) is 0. The zero-order chi connectivity index (χ0) is 17.4. The molecule has 0 bridgehead atoms. The Balaban J connectivity index is 1.92. The van der Waals surface area contributed by atoms with Gasteiger partial charge in [0, 0.05) is 29.8 Å². The van der Waals surface area contributed by atoms with E-state index < -0.39 is 0 Å². The van der Waals surface area contributed by atoms with Crippen molar-refractivity contribution in [2.24, 2.45) is 4.99 Å². The predicted octanol–water partition coefficient (Wildman–Crippen LogP) is 4.47. The molecule has 0 unspecified atom stereocenters. The van der Waals surface area contributed by atoms with E-state index in [-0.39, 0.29) is 5.54 Å². The largest absolute Gasteiger partial charge is 0.475 e. The minimum atomic E-state index is -0.176. The first-order valence-corrected chi connectivity index (χ1v) is 8.48. The highest BCUT2D eigenvalue weighted by atomic mass is 16.5. The van der Waals surface area contributed by atoms with Gasteiger partial charge in [0.25, 0.3) is 0 Å². The Bertz CT molecular complexity index is 953. The SMILES string of the molecule is COCn1ccc2cccc(-c3ccccc3C3=NC(C)(C)CO3)c21. The summed E-state index contributed by atoms with van der Waals surface area (Å²) in [5, 5.41) is 1.19. The summed E-state index contributed by atoms with van der Waals surface area (Å²) in [6.45, 7) is 5.31. The van der Waals surface area contributed by atoms with Crippen LogP contribution in [0.5, 0.6) is 0 Å². The highest BCUT2D eigenvalue weighted by molar-refractivity contribution is 6.05. The van der Waals surface area contributed by atoms with Gasteiger partial charge >= 0.3 is 0 Å². The molecule has 0 amide bonds. The Hall–Kier alpha value is -2.59. The lowest BCUT2D eigenvalue weighted by molar-refractivity contribution is 0.135. The summed E-state index contributed by atoms with van der Waals surface area (Å²) in [4.78, 5) is 4.77. The first kappa shape index (κ1) is 15.9. The highest BCUT2D eigenvalue weighted by Crippen LogP contribution is 2.33. The van der Waals surface area contributed by atoms with Gasteiger partial charge < -0.3 is 14.0 Å². The fourth-order valence-corrected chi connectivity index (χ4v) is 3.35. The van der Waals surface area contributed by atoms with Crippen molar-refractivity contribution in [2.75, 3.05) is 13.7 Å². The molecule has 1 aromatic heterocycles. The van der Waals surface area contributed by atoms with Gasteiger partial charge in [0.15, 0.2) is 0 Å². The topological polar surface area (TPSA) is 35.8 Å². The van der Waals surface area contributed by atoms with Crippen molar-refractivity contribution in [1.82, 2.24) is 4.57 Å². The van der Waals surface area contributed by atoms with Crippen LogP contribution < -0.4 is 0 Å². The third-order valence-corrected chi connectivity index (χ3v) is 4.47. The Morgan fingerprint density at radius 1 is 1.04 bits per heavy atom. The second-order valence-corrected chi connectivity index (χ2v) is 7.01. The van der Waals surface area contributed by atoms with Crippen LogP contribution >= 0.6 is 0 Å². The molecule has 3 aromatic rings. The molecule has 1 aliphatic heterocycles. The summed E-state index contributed by atoms with van der Waals surface area (Å²) < 4.78 is 13.4. The molecule has 128 valence electrons. The molecule has 4 rings (SSSR count). The Morgan fingerprint density at radius 3 is 2.52 bits per heavy atom. The van der Waals surface area contributed by atoms with Gasteiger partial charge in [0.05, 0.1) is 11.1 Å². The van der Waals surface area contributed by atoms with Crippen LogP contribution in [0.3, 0.4) is 0 Å². The molecule has 0 atom stereocenters. The maximum Gasteiger partial charge on any atom is 0.217 e. The zero-order valence-electron chi connectivity index (χ0n) is 14.8. The minimum absolute atomic E-state index is 0.176. The van der Waals surface area contributed by atoms with Crippen molar-refractivity contribution in [1.29, 1.82) is 0 Å². The maximum atomic E-state index is 5.91. The van der Waals surface area contributed by atoms with Gasteiger partial charge in [-0.1, -0.05) is 36.4 Å². The first-order chi connectivity index (χ1) is 12.1. The molecule has 0 saturated heterocycles. The number of nitrogens with zero attached hydrogens (tertiary/aromatic N) is 2. The number of aromatic nitrogens is 1. The molecule has 0 radical (unpaired) electrons. The van der Waals surface area contributed by atoms with Crippen molar-refractivity contribution < 1.29 is 9.47 Å². The van der Waals surface area contributed by atoms with E-state index in [1.807, 2.05) is 6.07 Å². The number of methoxy groups -OCH3 is 1. The number of ether oxygens (including phenoxy) is 2. The number of benzene rings is 2. The smallest absolute Gasteiger partial charge is 0.217 e. The van der Waals surface area contributed by atoms with Crippen molar-refractivity contribution in [3.63, 3.8) is 0 Å². The molecule has 2 aromatic carbocycles. The third kappa shape index (κ3) is 2.83. The highest BCUT2D eigenvalue weighted by Gasteiger charge is 2.28. The van der Waals surface area contributed by atoms with Crippen molar-refractivity contribution in [3.8, 4) is 11.1 Å². The van der Waals surface area contributed by atoms with Gasteiger partial charge in [0.1, 0.15) is 13.3 Å². The van der Waals surface area contributed by atoms with Crippen molar-refractivity contribution in [2.45, 2.75) is 26.1 Å². The maximum absolute atomic E-state index is 5.91. The van der Waals surface area contributed by atoms with E-state index in [4.69, 9.17) is 14.5 Å². The zero-order valence-corrected chi connectivity index (χ0v) is 14.8. The number of rotatable bonds is 4. The molecule has 1 aliphatic rings. The summed E-state index contributed by atoms with van der Waals surface area (Å²) in [6, 6.07) is 16.8. The van der Waals surface area contributed by atoms with Crippen LogP contribution in [0.25, 0.3) is 22.0 Å². The Morgan fingerprint density at radius 2 is 1.80 bits per heavy atom. The lowest BCUT2D eigenvalue weighted by Gasteiger charge is -2.13. The molecule has 0 saturated carbocycles. The molecular formula is C21H22N2O2. The molecule has 0 spiro atoms. The van der Waals surface area contributed by atoms with Crippen LogP contribution in [0.15, 0.2) is 59.7 Å². The van der Waals surface area contributed by atoms with E-state index in [0.717, 1.165) is 28.1 Å². The summed E-state index contributed by atoms with van der Waals surface area (Å²) >= 11 is 0. The predicted molar refractivity (Wildman–Crippen MR) is 101 cm³/mol. The standard InChI is InChI=1S/C21H22N2O2/c1-21(2)13-25-20(22-21)18-9-5-4-8-16(18)17-10-6-7-15-11-12-23(14-24-3)19(15)17/h4-12H,13-14H2,1-3H3. The van der Waals surface area contributed by atoms with Crippen molar-refractivity contribution in [3.05, 3.63) is 60.3 Å². The van der Waals surface area contributed by atoms with Gasteiger partial charge in [0.2, 0.25) is 5.90 Å². The summed E-state index contributed by atoms with van der Waals surface area (Å²) in [5.41, 5.74) is 4.30. The normalized spacial score (nSPS) is 16.0. The average molecular weight is 334 g/mol. The Kier molecular flexibility index (Phi) is 3.85. The molecule has 4 nitrogen and oxygen atoms in total. The molecule has 0 N–H and O–H groups in total. The van der Waals surface area contributed by atoms with E-state index in [9.17, 15) is 0 Å². The van der Waals surface area contributed by atoms with E-state index in [2.05, 4.69) is 67.1 Å². The second-order valence-electron chi connectivity index (χ2n) is 7.01. The molecule has 0 aliphatic carbocycles. The monoisotopic (exact) mass is 334 g/mol. The second kappa shape index (κ2) is 6.05. The number of fused-ring (bicyclic) bond motifs is 1. The van der Waals surface area contributed by atoms with Crippen LogP contribution in [-0.2, 0) is 16.2 Å². The van der Waals surface area contributed by atoms with Crippen LogP contribution in [0.2, 0.25) is 0 Å². The summed E-state index contributed by atoms with van der Waals surface area (Å²) in [7, 11) is 1.71. The van der Waals surface area contributed by atoms with Gasteiger partial charge in [-0.25, -0.2) is 4.99 Å². The molecule has 0 fully saturated rings. The van der Waals surface area contributed by atoms with Gasteiger partial charge in [-0.05, 0) is 31.5 Å². The number of para-hydroxylation sites is 1. The number of hydrogen-bond acceptors (Lipinski definition) is 3. The lowest BCUT2D eigenvalue weighted by atomic mass is 9.97. The van der Waals surface area contributed by atoms with Gasteiger partial charge in [-0.2, -0.15) is 0 Å². The molecule has 25 heavy (non-hydrogen) atoms. The van der Waals surface area contributed by atoms with E-state index in [0.29, 0.717) is 13.3 Å². The first-order valence-electron chi connectivity index (χ1n) is 8.48. The number of aliphatic imine (C=N–C) groups is 1. The van der Waals surface area contributed by atoms with Crippen molar-refractivity contribution >= 4 is 16.8 Å². The molecular weight excluding hydrogens is 312 g/mol. The van der Waals surface area contributed by atoms with Crippen LogP contribution in [0.1, 0.15) is 19.4 Å². The Labute approximate surface area is 147 Å². The molecule has 2 heterocycles. The minimum Gasteiger partial charge on any atom is -0.475 e. The average Bonchev–Trinajstić information content (AvgIpc) is 3.18.